The zero-order valence-electron chi connectivity index (χ0n) is 16.9. The minimum atomic E-state index is -3.50. The highest BCUT2D eigenvalue weighted by atomic mass is 32.2. The Morgan fingerprint density at radius 3 is 2.47 bits per heavy atom. The molecule has 10 heteroatoms. The monoisotopic (exact) mass is 448 g/mol. The van der Waals surface area contributed by atoms with Crippen molar-refractivity contribution in [1.82, 2.24) is 9.21 Å². The van der Waals surface area contributed by atoms with Gasteiger partial charge in [0.2, 0.25) is 11.8 Å². The minimum absolute atomic E-state index is 0.0216. The van der Waals surface area contributed by atoms with Crippen molar-refractivity contribution in [2.45, 2.75) is 24.1 Å². The molecule has 1 fully saturated rings. The van der Waals surface area contributed by atoms with Gasteiger partial charge < -0.3 is 5.32 Å². The molecule has 160 valence electrons. The SMILES string of the molecule is Cc1ccc(S(=O)(=O)N2CCN(C(C)C(=O)N3CC(=O)Nc4ccccc43)CC2)s1. The summed E-state index contributed by atoms with van der Waals surface area (Å²) in [5, 5.41) is 2.78. The van der Waals surface area contributed by atoms with Crippen molar-refractivity contribution < 1.29 is 18.0 Å². The molecule has 1 aromatic carbocycles. The number of nitrogens with one attached hydrogen (secondary N) is 1. The van der Waals surface area contributed by atoms with Crippen LogP contribution in [0.3, 0.4) is 0 Å². The van der Waals surface area contributed by atoms with Crippen LogP contribution in [0.25, 0.3) is 0 Å². The predicted molar refractivity (Wildman–Crippen MR) is 116 cm³/mol. The third-order valence-electron chi connectivity index (χ3n) is 5.52. The van der Waals surface area contributed by atoms with Crippen LogP contribution in [0.4, 0.5) is 11.4 Å². The number of nitrogens with zero attached hydrogens (tertiary/aromatic N) is 3. The number of piperazine rings is 1. The summed E-state index contributed by atoms with van der Waals surface area (Å²) < 4.78 is 27.5. The first-order valence-electron chi connectivity index (χ1n) is 9.78. The van der Waals surface area contributed by atoms with Gasteiger partial charge in [0.15, 0.2) is 0 Å². The summed E-state index contributed by atoms with van der Waals surface area (Å²) in [6.07, 6.45) is 0. The molecule has 2 amide bonds. The number of hydrogen-bond acceptors (Lipinski definition) is 6. The maximum atomic E-state index is 13.2. The summed E-state index contributed by atoms with van der Waals surface area (Å²) >= 11 is 1.27. The Morgan fingerprint density at radius 2 is 1.80 bits per heavy atom. The van der Waals surface area contributed by atoms with Gasteiger partial charge in [0.25, 0.3) is 10.0 Å². The van der Waals surface area contributed by atoms with Crippen molar-refractivity contribution >= 4 is 44.5 Å². The average molecular weight is 449 g/mol. The second kappa shape index (κ2) is 8.10. The number of carbonyl (C=O) groups is 2. The van der Waals surface area contributed by atoms with Crippen LogP contribution < -0.4 is 10.2 Å². The van der Waals surface area contributed by atoms with E-state index in [1.165, 1.54) is 20.5 Å². The molecular formula is C20H24N4O4S2. The topological polar surface area (TPSA) is 90.0 Å². The van der Waals surface area contributed by atoms with Gasteiger partial charge in [0.05, 0.1) is 17.4 Å². The Bertz CT molecular complexity index is 1070. The molecule has 1 aromatic heterocycles. The molecule has 0 saturated carbocycles. The van der Waals surface area contributed by atoms with E-state index in [1.54, 1.807) is 18.2 Å². The molecule has 0 aliphatic carbocycles. The summed E-state index contributed by atoms with van der Waals surface area (Å²) in [6.45, 7) is 5.24. The lowest BCUT2D eigenvalue weighted by Gasteiger charge is -2.39. The highest BCUT2D eigenvalue weighted by Gasteiger charge is 2.36. The lowest BCUT2D eigenvalue weighted by Crippen LogP contribution is -2.56. The van der Waals surface area contributed by atoms with Crippen molar-refractivity contribution in [1.29, 1.82) is 0 Å². The summed E-state index contributed by atoms with van der Waals surface area (Å²) in [4.78, 5) is 29.7. The summed E-state index contributed by atoms with van der Waals surface area (Å²) in [6, 6.07) is 10.2. The average Bonchev–Trinajstić information content (AvgIpc) is 3.19. The quantitative estimate of drug-likeness (QED) is 0.770. The molecule has 0 bridgehead atoms. The number of sulfonamides is 1. The van der Waals surface area contributed by atoms with E-state index >= 15 is 0 Å². The third kappa shape index (κ3) is 3.87. The molecule has 2 aromatic rings. The van der Waals surface area contributed by atoms with E-state index in [0.717, 1.165) is 4.88 Å². The normalized spacial score (nSPS) is 19.3. The van der Waals surface area contributed by atoms with E-state index in [2.05, 4.69) is 5.32 Å². The number of fused-ring (bicyclic) bond motifs is 1. The van der Waals surface area contributed by atoms with Crippen molar-refractivity contribution in [2.75, 3.05) is 42.9 Å². The van der Waals surface area contributed by atoms with Crippen molar-refractivity contribution in [3.8, 4) is 0 Å². The van der Waals surface area contributed by atoms with Gasteiger partial charge in [-0.25, -0.2) is 8.42 Å². The van der Waals surface area contributed by atoms with Crippen LogP contribution in [0.5, 0.6) is 0 Å². The Morgan fingerprint density at radius 1 is 1.10 bits per heavy atom. The van der Waals surface area contributed by atoms with E-state index < -0.39 is 16.1 Å². The van der Waals surface area contributed by atoms with Crippen molar-refractivity contribution in [2.24, 2.45) is 0 Å². The lowest BCUT2D eigenvalue weighted by molar-refractivity contribution is -0.125. The Labute approximate surface area is 180 Å². The molecule has 2 aliphatic heterocycles. The van der Waals surface area contributed by atoms with Crippen LogP contribution in [0.15, 0.2) is 40.6 Å². The number of thiophene rings is 1. The fourth-order valence-electron chi connectivity index (χ4n) is 3.82. The van der Waals surface area contributed by atoms with Gasteiger partial charge in [-0.2, -0.15) is 4.31 Å². The molecule has 1 unspecified atom stereocenters. The van der Waals surface area contributed by atoms with Crippen molar-refractivity contribution in [3.63, 3.8) is 0 Å². The smallest absolute Gasteiger partial charge is 0.252 e. The third-order valence-corrected chi connectivity index (χ3v) is 8.89. The van der Waals surface area contributed by atoms with E-state index in [9.17, 15) is 18.0 Å². The molecule has 4 rings (SSSR count). The number of anilines is 2. The largest absolute Gasteiger partial charge is 0.323 e. The van der Waals surface area contributed by atoms with Gasteiger partial charge in [-0.05, 0) is 38.1 Å². The molecule has 1 N–H and O–H groups in total. The van der Waals surface area contributed by atoms with Gasteiger partial charge in [-0.3, -0.25) is 19.4 Å². The lowest BCUT2D eigenvalue weighted by atomic mass is 10.1. The van der Waals surface area contributed by atoms with Crippen LogP contribution in [0.1, 0.15) is 11.8 Å². The minimum Gasteiger partial charge on any atom is -0.323 e. The highest BCUT2D eigenvalue weighted by Crippen LogP contribution is 2.30. The number of hydrogen-bond donors (Lipinski definition) is 1. The molecule has 0 radical (unpaired) electrons. The van der Waals surface area contributed by atoms with Gasteiger partial charge in [0.1, 0.15) is 10.8 Å². The Balaban J connectivity index is 1.44. The van der Waals surface area contributed by atoms with Crippen LogP contribution in [0, 0.1) is 6.92 Å². The molecular weight excluding hydrogens is 424 g/mol. The molecule has 1 atom stereocenters. The first-order valence-corrected chi connectivity index (χ1v) is 12.0. The first kappa shape index (κ1) is 21.0. The standard InChI is InChI=1S/C20H24N4O4S2/c1-14-7-8-19(29-14)30(27,28)23-11-9-22(10-12-23)15(2)20(26)24-13-18(25)21-16-5-3-4-6-17(16)24/h3-8,15H,9-13H2,1-2H3,(H,21,25). The summed E-state index contributed by atoms with van der Waals surface area (Å²) in [7, 11) is -3.50. The number of benzene rings is 1. The van der Waals surface area contributed by atoms with Gasteiger partial charge in [0, 0.05) is 31.1 Å². The van der Waals surface area contributed by atoms with E-state index in [0.29, 0.717) is 41.8 Å². The number of carbonyl (C=O) groups excluding carboxylic acids is 2. The maximum absolute atomic E-state index is 13.2. The fourth-order valence-corrected chi connectivity index (χ4v) is 6.68. The Hall–Kier alpha value is -2.27. The van der Waals surface area contributed by atoms with Gasteiger partial charge >= 0.3 is 0 Å². The predicted octanol–water partition coefficient (Wildman–Crippen LogP) is 1.74. The van der Waals surface area contributed by atoms with Crippen LogP contribution in [-0.2, 0) is 19.6 Å². The molecule has 30 heavy (non-hydrogen) atoms. The maximum Gasteiger partial charge on any atom is 0.252 e. The zero-order valence-corrected chi connectivity index (χ0v) is 18.5. The zero-order chi connectivity index (χ0) is 21.5. The number of amides is 2. The van der Waals surface area contributed by atoms with Crippen LogP contribution in [0.2, 0.25) is 0 Å². The van der Waals surface area contributed by atoms with E-state index in [4.69, 9.17) is 0 Å². The van der Waals surface area contributed by atoms with E-state index in [1.807, 2.05) is 36.9 Å². The molecule has 3 heterocycles. The summed E-state index contributed by atoms with van der Waals surface area (Å²) in [5.41, 5.74) is 1.31. The van der Waals surface area contributed by atoms with Crippen LogP contribution in [-0.4, -0.2) is 68.2 Å². The van der Waals surface area contributed by atoms with Crippen LogP contribution >= 0.6 is 11.3 Å². The van der Waals surface area contributed by atoms with Gasteiger partial charge in [-0.1, -0.05) is 12.1 Å². The Kier molecular flexibility index (Phi) is 5.67. The fraction of sp³-hybridized carbons (Fsp3) is 0.400. The number of rotatable bonds is 4. The number of para-hydroxylation sites is 2. The number of aryl methyl sites for hydroxylation is 1. The van der Waals surface area contributed by atoms with E-state index in [-0.39, 0.29) is 18.4 Å². The molecule has 1 saturated heterocycles. The van der Waals surface area contributed by atoms with Gasteiger partial charge in [-0.15, -0.1) is 11.3 Å². The summed E-state index contributed by atoms with van der Waals surface area (Å²) in [5.74, 6) is -0.390. The second-order valence-corrected chi connectivity index (χ2v) is 10.9. The molecule has 2 aliphatic rings. The highest BCUT2D eigenvalue weighted by molar-refractivity contribution is 7.91. The van der Waals surface area contributed by atoms with Crippen molar-refractivity contribution in [3.05, 3.63) is 41.3 Å². The molecule has 0 spiro atoms. The first-order chi connectivity index (χ1) is 14.3. The second-order valence-electron chi connectivity index (χ2n) is 7.47. The molecule has 8 nitrogen and oxygen atoms in total.